The van der Waals surface area contributed by atoms with Crippen molar-refractivity contribution < 1.29 is 23.8 Å². The molecule has 0 aliphatic carbocycles. The molecule has 4 aromatic rings. The number of ether oxygens (including phenoxy) is 2. The van der Waals surface area contributed by atoms with Gasteiger partial charge in [-0.15, -0.1) is 0 Å². The van der Waals surface area contributed by atoms with E-state index < -0.39 is 6.04 Å². The maximum Gasteiger partial charge on any atom is 0.273 e. The number of phenols is 1. The number of aromatic nitrogens is 2. The van der Waals surface area contributed by atoms with Crippen LogP contribution in [0, 0.1) is 19.8 Å². The molecule has 1 aliphatic heterocycles. The second kappa shape index (κ2) is 10.9. The first kappa shape index (κ1) is 26.4. The molecular weight excluding hydrogens is 494 g/mol. The van der Waals surface area contributed by atoms with Crippen LogP contribution in [-0.2, 0) is 6.54 Å². The minimum atomic E-state index is -0.490. The number of rotatable bonds is 10. The standard InChI is InChI=1S/C31H35N3O5/c1-6-37-25-16-21(9-10-24(25)39-13-11-18(2)3)29-26-27(23-15-19(4)14-20(5)30(23)35)32-33-28(26)31(36)34(29)17-22-8-7-12-38-22/h7-10,12,14-16,18,29,35H,6,11,13,17H2,1-5H3,(H,32,33). The molecule has 0 fully saturated rings. The molecule has 8 heteroatoms. The first-order chi connectivity index (χ1) is 18.8. The van der Waals surface area contributed by atoms with E-state index in [1.165, 1.54) is 0 Å². The highest BCUT2D eigenvalue weighted by Crippen LogP contribution is 2.47. The van der Waals surface area contributed by atoms with E-state index in [0.717, 1.165) is 23.1 Å². The molecule has 1 atom stereocenters. The van der Waals surface area contributed by atoms with Crippen molar-refractivity contribution in [1.82, 2.24) is 15.1 Å². The van der Waals surface area contributed by atoms with Crippen molar-refractivity contribution in [3.8, 4) is 28.5 Å². The van der Waals surface area contributed by atoms with Gasteiger partial charge in [0.1, 0.15) is 22.9 Å². The van der Waals surface area contributed by atoms with E-state index in [2.05, 4.69) is 24.0 Å². The molecule has 2 N–H and O–H groups in total. The SMILES string of the molecule is CCOc1cc(C2c3c(-c4cc(C)cc(C)c4O)n[nH]c3C(=O)N2Cc2ccco2)ccc1OCCC(C)C. The molecule has 5 rings (SSSR count). The number of aromatic amines is 1. The molecule has 0 saturated carbocycles. The van der Waals surface area contributed by atoms with Gasteiger partial charge in [0, 0.05) is 11.1 Å². The average molecular weight is 530 g/mol. The number of amides is 1. The average Bonchev–Trinajstić information content (AvgIpc) is 3.62. The number of furan rings is 1. The van der Waals surface area contributed by atoms with Crippen LogP contribution in [0.4, 0.5) is 0 Å². The van der Waals surface area contributed by atoms with Crippen LogP contribution in [-0.4, -0.2) is 39.3 Å². The van der Waals surface area contributed by atoms with Crippen LogP contribution >= 0.6 is 0 Å². The summed E-state index contributed by atoms with van der Waals surface area (Å²) in [7, 11) is 0. The molecular formula is C31H35N3O5. The van der Waals surface area contributed by atoms with Gasteiger partial charge in [0.25, 0.3) is 5.91 Å². The summed E-state index contributed by atoms with van der Waals surface area (Å²) in [6.07, 6.45) is 2.53. The maximum absolute atomic E-state index is 13.7. The first-order valence-electron chi connectivity index (χ1n) is 13.4. The van der Waals surface area contributed by atoms with Gasteiger partial charge in [-0.2, -0.15) is 5.10 Å². The third kappa shape index (κ3) is 5.11. The van der Waals surface area contributed by atoms with Gasteiger partial charge in [-0.25, -0.2) is 0 Å². The van der Waals surface area contributed by atoms with E-state index in [-0.39, 0.29) is 18.2 Å². The van der Waals surface area contributed by atoms with Crippen molar-refractivity contribution in [2.24, 2.45) is 5.92 Å². The van der Waals surface area contributed by atoms with Crippen molar-refractivity contribution >= 4 is 5.91 Å². The molecule has 8 nitrogen and oxygen atoms in total. The van der Waals surface area contributed by atoms with E-state index in [0.29, 0.717) is 58.9 Å². The normalized spacial score (nSPS) is 14.8. The molecule has 1 aliphatic rings. The van der Waals surface area contributed by atoms with Gasteiger partial charge in [0.05, 0.1) is 32.1 Å². The largest absolute Gasteiger partial charge is 0.507 e. The third-order valence-electron chi connectivity index (χ3n) is 7.01. The van der Waals surface area contributed by atoms with Crippen LogP contribution in [0.25, 0.3) is 11.3 Å². The number of hydrogen-bond donors (Lipinski definition) is 2. The molecule has 1 amide bonds. The van der Waals surface area contributed by atoms with E-state index in [9.17, 15) is 9.90 Å². The van der Waals surface area contributed by atoms with Crippen molar-refractivity contribution in [2.45, 2.75) is 53.6 Å². The van der Waals surface area contributed by atoms with Crippen molar-refractivity contribution in [1.29, 1.82) is 0 Å². The number of benzene rings is 2. The lowest BCUT2D eigenvalue weighted by atomic mass is 9.94. The Morgan fingerprint density at radius 3 is 2.67 bits per heavy atom. The second-order valence-corrected chi connectivity index (χ2v) is 10.4. The number of carbonyl (C=O) groups is 1. The van der Waals surface area contributed by atoms with Gasteiger partial charge in [-0.3, -0.25) is 9.89 Å². The van der Waals surface area contributed by atoms with E-state index >= 15 is 0 Å². The Labute approximate surface area is 228 Å². The lowest BCUT2D eigenvalue weighted by molar-refractivity contribution is 0.0716. The molecule has 3 heterocycles. The maximum atomic E-state index is 13.7. The van der Waals surface area contributed by atoms with Gasteiger partial charge in [-0.05, 0) is 80.1 Å². The highest BCUT2D eigenvalue weighted by molar-refractivity contribution is 6.00. The number of aryl methyl sites for hydroxylation is 2. The van der Waals surface area contributed by atoms with E-state index in [4.69, 9.17) is 13.9 Å². The third-order valence-corrected chi connectivity index (χ3v) is 7.01. The zero-order valence-electron chi connectivity index (χ0n) is 23.1. The number of aromatic hydroxyl groups is 1. The lowest BCUT2D eigenvalue weighted by Gasteiger charge is -2.26. The minimum absolute atomic E-state index is 0.148. The zero-order chi connectivity index (χ0) is 27.7. The fourth-order valence-electron chi connectivity index (χ4n) is 5.11. The summed E-state index contributed by atoms with van der Waals surface area (Å²) in [5.74, 6) is 2.44. The summed E-state index contributed by atoms with van der Waals surface area (Å²) in [6.45, 7) is 11.4. The quantitative estimate of drug-likeness (QED) is 0.241. The van der Waals surface area contributed by atoms with Crippen LogP contribution in [0.15, 0.2) is 53.1 Å². The van der Waals surface area contributed by atoms with Crippen molar-refractivity contribution in [3.63, 3.8) is 0 Å². The summed E-state index contributed by atoms with van der Waals surface area (Å²) in [5, 5.41) is 18.5. The molecule has 0 spiro atoms. The van der Waals surface area contributed by atoms with Crippen LogP contribution in [0.1, 0.15) is 71.7 Å². The highest BCUT2D eigenvalue weighted by atomic mass is 16.5. The van der Waals surface area contributed by atoms with Crippen molar-refractivity contribution in [2.75, 3.05) is 13.2 Å². The van der Waals surface area contributed by atoms with Crippen LogP contribution in [0.2, 0.25) is 0 Å². The van der Waals surface area contributed by atoms with E-state index in [1.54, 1.807) is 17.2 Å². The molecule has 39 heavy (non-hydrogen) atoms. The summed E-state index contributed by atoms with van der Waals surface area (Å²) in [6, 6.07) is 12.8. The number of nitrogens with one attached hydrogen (secondary N) is 1. The Kier molecular flexibility index (Phi) is 7.37. The Balaban J connectivity index is 1.63. The number of nitrogens with zero attached hydrogens (tertiary/aromatic N) is 2. The van der Waals surface area contributed by atoms with Crippen molar-refractivity contribution in [3.05, 3.63) is 82.4 Å². The number of hydrogen-bond acceptors (Lipinski definition) is 6. The molecule has 2 aromatic heterocycles. The lowest BCUT2D eigenvalue weighted by Crippen LogP contribution is -2.29. The smallest absolute Gasteiger partial charge is 0.273 e. The zero-order valence-corrected chi connectivity index (χ0v) is 23.1. The highest BCUT2D eigenvalue weighted by Gasteiger charge is 2.43. The fraction of sp³-hybridized carbons (Fsp3) is 0.355. The Hall–Kier alpha value is -4.20. The molecule has 1 unspecified atom stereocenters. The van der Waals surface area contributed by atoms with E-state index in [1.807, 2.05) is 57.2 Å². The predicted octanol–water partition coefficient (Wildman–Crippen LogP) is 6.56. The van der Waals surface area contributed by atoms with Gasteiger partial charge in [-0.1, -0.05) is 26.0 Å². The van der Waals surface area contributed by atoms with Crippen LogP contribution in [0.3, 0.4) is 0 Å². The van der Waals surface area contributed by atoms with Gasteiger partial charge >= 0.3 is 0 Å². The topological polar surface area (TPSA) is 101 Å². The molecule has 204 valence electrons. The molecule has 2 aromatic carbocycles. The predicted molar refractivity (Wildman–Crippen MR) is 148 cm³/mol. The number of phenolic OH excluding ortho intramolecular Hbond substituents is 1. The van der Waals surface area contributed by atoms with Gasteiger partial charge in [0.15, 0.2) is 11.5 Å². The molecule has 0 bridgehead atoms. The van der Waals surface area contributed by atoms with Crippen LogP contribution < -0.4 is 9.47 Å². The Morgan fingerprint density at radius 1 is 1.13 bits per heavy atom. The van der Waals surface area contributed by atoms with Crippen LogP contribution in [0.5, 0.6) is 17.2 Å². The molecule has 0 saturated heterocycles. The number of carbonyl (C=O) groups excluding carboxylic acids is 1. The van der Waals surface area contributed by atoms with Gasteiger partial charge < -0.3 is 23.9 Å². The summed E-state index contributed by atoms with van der Waals surface area (Å²) in [5.41, 5.74) is 4.83. The monoisotopic (exact) mass is 529 g/mol. The molecule has 0 radical (unpaired) electrons. The minimum Gasteiger partial charge on any atom is -0.507 e. The Bertz CT molecular complexity index is 1470. The summed E-state index contributed by atoms with van der Waals surface area (Å²) in [4.78, 5) is 15.5. The summed E-state index contributed by atoms with van der Waals surface area (Å²) < 4.78 is 17.7. The number of H-pyrrole nitrogens is 1. The first-order valence-corrected chi connectivity index (χ1v) is 13.4. The summed E-state index contributed by atoms with van der Waals surface area (Å²) >= 11 is 0. The number of fused-ring (bicyclic) bond motifs is 1. The Morgan fingerprint density at radius 2 is 1.95 bits per heavy atom. The second-order valence-electron chi connectivity index (χ2n) is 10.4. The van der Waals surface area contributed by atoms with Gasteiger partial charge in [0.2, 0.25) is 0 Å². The fourth-order valence-corrected chi connectivity index (χ4v) is 5.11.